The Morgan fingerprint density at radius 2 is 2.10 bits per heavy atom. The van der Waals surface area contributed by atoms with Crippen molar-refractivity contribution < 1.29 is 9.90 Å². The summed E-state index contributed by atoms with van der Waals surface area (Å²) in [5.41, 5.74) is 0.242. The number of thioether (sulfide) groups is 1. The predicted octanol–water partition coefficient (Wildman–Crippen LogP) is 4.09. The van der Waals surface area contributed by atoms with Crippen LogP contribution in [-0.2, 0) is 4.79 Å². The fourth-order valence-corrected chi connectivity index (χ4v) is 4.23. The molecule has 0 amide bonds. The van der Waals surface area contributed by atoms with Crippen molar-refractivity contribution in [3.8, 4) is 0 Å². The lowest BCUT2D eigenvalue weighted by molar-refractivity contribution is -0.143. The Kier molecular flexibility index (Phi) is 4.74. The molecule has 0 spiro atoms. The van der Waals surface area contributed by atoms with E-state index in [4.69, 9.17) is 0 Å². The van der Waals surface area contributed by atoms with Gasteiger partial charge in [-0.05, 0) is 42.7 Å². The van der Waals surface area contributed by atoms with Crippen molar-refractivity contribution in [2.24, 2.45) is 17.3 Å². The number of carbonyl (C=O) groups is 1. The second-order valence-corrected chi connectivity index (χ2v) is 7.90. The van der Waals surface area contributed by atoms with Crippen LogP contribution in [0.2, 0.25) is 0 Å². The maximum atomic E-state index is 11.5. The van der Waals surface area contributed by atoms with Gasteiger partial charge in [0.25, 0.3) is 0 Å². The number of aromatic nitrogens is 1. The van der Waals surface area contributed by atoms with Gasteiger partial charge in [0, 0.05) is 11.4 Å². The second-order valence-electron chi connectivity index (χ2n) is 6.65. The van der Waals surface area contributed by atoms with Crippen LogP contribution in [0.3, 0.4) is 0 Å². The molecule has 20 heavy (non-hydrogen) atoms. The normalized spacial score (nSPS) is 27.2. The molecule has 3 nitrogen and oxygen atoms in total. The zero-order valence-electron chi connectivity index (χ0n) is 12.4. The number of aliphatic carboxylic acids is 1. The first-order chi connectivity index (χ1) is 9.38. The largest absolute Gasteiger partial charge is 0.481 e. The van der Waals surface area contributed by atoms with Crippen molar-refractivity contribution in [2.45, 2.75) is 50.3 Å². The highest BCUT2D eigenvalue weighted by molar-refractivity contribution is 7.99. The van der Waals surface area contributed by atoms with Crippen molar-refractivity contribution in [1.29, 1.82) is 0 Å². The Hall–Kier alpha value is -1.03. The van der Waals surface area contributed by atoms with Gasteiger partial charge in [-0.2, -0.15) is 0 Å². The van der Waals surface area contributed by atoms with Crippen LogP contribution in [0.4, 0.5) is 0 Å². The molecule has 1 heterocycles. The minimum Gasteiger partial charge on any atom is -0.481 e. The number of nitrogens with zero attached hydrogens (tertiary/aromatic N) is 1. The molecule has 0 bridgehead atoms. The molecule has 0 aromatic carbocycles. The molecule has 0 radical (unpaired) electrons. The fourth-order valence-electron chi connectivity index (χ4n) is 2.90. The first kappa shape index (κ1) is 15.4. The molecule has 4 heteroatoms. The molecule has 1 aromatic rings. The molecule has 0 saturated heterocycles. The number of hydrogen-bond acceptors (Lipinski definition) is 3. The summed E-state index contributed by atoms with van der Waals surface area (Å²) in [6.45, 7) is 6.75. The van der Waals surface area contributed by atoms with Gasteiger partial charge in [0.1, 0.15) is 0 Å². The molecular weight excluding hydrogens is 270 g/mol. The topological polar surface area (TPSA) is 50.2 Å². The van der Waals surface area contributed by atoms with E-state index >= 15 is 0 Å². The van der Waals surface area contributed by atoms with Gasteiger partial charge in [-0.25, -0.2) is 4.98 Å². The number of pyridine rings is 1. The Morgan fingerprint density at radius 1 is 1.35 bits per heavy atom. The lowest BCUT2D eigenvalue weighted by Crippen LogP contribution is -2.37. The fraction of sp³-hybridized carbons (Fsp3) is 0.625. The van der Waals surface area contributed by atoms with Crippen molar-refractivity contribution in [1.82, 2.24) is 4.98 Å². The van der Waals surface area contributed by atoms with E-state index in [-0.39, 0.29) is 16.6 Å². The summed E-state index contributed by atoms with van der Waals surface area (Å²) in [5, 5.41) is 10.5. The van der Waals surface area contributed by atoms with Gasteiger partial charge in [-0.15, -0.1) is 11.8 Å². The SMILES string of the molecule is CC(C)(C)C1CCC(C(=O)O)C(Sc2ccccn2)C1. The van der Waals surface area contributed by atoms with Crippen molar-refractivity contribution >= 4 is 17.7 Å². The summed E-state index contributed by atoms with van der Waals surface area (Å²) < 4.78 is 0. The lowest BCUT2D eigenvalue weighted by atomic mass is 9.69. The van der Waals surface area contributed by atoms with Crippen LogP contribution in [0.15, 0.2) is 29.4 Å². The summed E-state index contributed by atoms with van der Waals surface area (Å²) >= 11 is 1.63. The third-order valence-electron chi connectivity index (χ3n) is 4.24. The van der Waals surface area contributed by atoms with E-state index < -0.39 is 5.97 Å². The molecule has 1 aliphatic carbocycles. The molecule has 1 N–H and O–H groups in total. The van der Waals surface area contributed by atoms with E-state index in [1.807, 2.05) is 18.2 Å². The van der Waals surface area contributed by atoms with Crippen LogP contribution in [0.25, 0.3) is 0 Å². The van der Waals surface area contributed by atoms with Crippen molar-refractivity contribution in [3.05, 3.63) is 24.4 Å². The average molecular weight is 293 g/mol. The summed E-state index contributed by atoms with van der Waals surface area (Å²) in [7, 11) is 0. The zero-order chi connectivity index (χ0) is 14.8. The Labute approximate surface area is 125 Å². The standard InChI is InChI=1S/C16H23NO2S/c1-16(2,3)11-7-8-12(15(18)19)13(10-11)20-14-6-4-5-9-17-14/h4-6,9,11-13H,7-8,10H2,1-3H3,(H,18,19). The van der Waals surface area contributed by atoms with E-state index in [1.165, 1.54) is 0 Å². The third-order valence-corrected chi connectivity index (χ3v) is 5.55. The number of carboxylic acid groups (broad SMARTS) is 1. The van der Waals surface area contributed by atoms with Gasteiger partial charge in [-0.1, -0.05) is 26.8 Å². The third kappa shape index (κ3) is 3.75. The molecule has 1 aromatic heterocycles. The molecule has 2 rings (SSSR count). The molecule has 3 atom stereocenters. The maximum absolute atomic E-state index is 11.5. The number of rotatable bonds is 3. The first-order valence-electron chi connectivity index (χ1n) is 7.18. The quantitative estimate of drug-likeness (QED) is 0.912. The summed E-state index contributed by atoms with van der Waals surface area (Å²) in [6.07, 6.45) is 4.52. The molecule has 1 fully saturated rings. The smallest absolute Gasteiger partial charge is 0.307 e. The van der Waals surface area contributed by atoms with Crippen LogP contribution in [-0.4, -0.2) is 21.3 Å². The number of hydrogen-bond donors (Lipinski definition) is 1. The highest BCUT2D eigenvalue weighted by atomic mass is 32.2. The Morgan fingerprint density at radius 3 is 2.65 bits per heavy atom. The van der Waals surface area contributed by atoms with Gasteiger partial charge in [0.15, 0.2) is 0 Å². The summed E-state index contributed by atoms with van der Waals surface area (Å²) in [6, 6.07) is 5.80. The molecule has 0 aliphatic heterocycles. The first-order valence-corrected chi connectivity index (χ1v) is 8.06. The minimum atomic E-state index is -0.661. The van der Waals surface area contributed by atoms with Gasteiger partial charge in [0.2, 0.25) is 0 Å². The van der Waals surface area contributed by atoms with Crippen LogP contribution in [0.1, 0.15) is 40.0 Å². The Balaban J connectivity index is 2.13. The van der Waals surface area contributed by atoms with Crippen LogP contribution in [0.5, 0.6) is 0 Å². The minimum absolute atomic E-state index is 0.125. The van der Waals surface area contributed by atoms with Crippen LogP contribution >= 0.6 is 11.8 Å². The van der Waals surface area contributed by atoms with E-state index in [1.54, 1.807) is 18.0 Å². The Bertz CT molecular complexity index is 455. The maximum Gasteiger partial charge on any atom is 0.307 e. The van der Waals surface area contributed by atoms with Gasteiger partial charge in [-0.3, -0.25) is 4.79 Å². The molecular formula is C16H23NO2S. The second kappa shape index (κ2) is 6.17. The molecule has 3 unspecified atom stereocenters. The van der Waals surface area contributed by atoms with Crippen molar-refractivity contribution in [3.63, 3.8) is 0 Å². The lowest BCUT2D eigenvalue weighted by Gasteiger charge is -2.40. The van der Waals surface area contributed by atoms with E-state index in [9.17, 15) is 9.90 Å². The van der Waals surface area contributed by atoms with Gasteiger partial charge >= 0.3 is 5.97 Å². The zero-order valence-corrected chi connectivity index (χ0v) is 13.2. The van der Waals surface area contributed by atoms with E-state index in [0.29, 0.717) is 5.92 Å². The van der Waals surface area contributed by atoms with Crippen LogP contribution in [0, 0.1) is 17.3 Å². The van der Waals surface area contributed by atoms with Crippen molar-refractivity contribution in [2.75, 3.05) is 0 Å². The number of carboxylic acids is 1. The highest BCUT2D eigenvalue weighted by Crippen LogP contribution is 2.45. The van der Waals surface area contributed by atoms with Gasteiger partial charge in [0.05, 0.1) is 10.9 Å². The van der Waals surface area contributed by atoms with E-state index in [2.05, 4.69) is 25.8 Å². The predicted molar refractivity (Wildman–Crippen MR) is 81.8 cm³/mol. The van der Waals surface area contributed by atoms with Crippen LogP contribution < -0.4 is 0 Å². The molecule has 1 aliphatic rings. The summed E-state index contributed by atoms with van der Waals surface area (Å²) in [5.74, 6) is -0.328. The molecule has 1 saturated carbocycles. The highest BCUT2D eigenvalue weighted by Gasteiger charge is 2.39. The molecule has 110 valence electrons. The summed E-state index contributed by atoms with van der Waals surface area (Å²) in [4.78, 5) is 15.8. The average Bonchev–Trinajstić information content (AvgIpc) is 2.38. The monoisotopic (exact) mass is 293 g/mol. The van der Waals surface area contributed by atoms with E-state index in [0.717, 1.165) is 24.3 Å². The van der Waals surface area contributed by atoms with Gasteiger partial charge < -0.3 is 5.11 Å².